The van der Waals surface area contributed by atoms with Crippen molar-refractivity contribution in [3.05, 3.63) is 49.2 Å². The van der Waals surface area contributed by atoms with Crippen molar-refractivity contribution in [3.63, 3.8) is 0 Å². The molecule has 0 atom stereocenters. The molecule has 2 nitrogen and oxygen atoms in total. The van der Waals surface area contributed by atoms with Crippen LogP contribution in [0.3, 0.4) is 0 Å². The summed E-state index contributed by atoms with van der Waals surface area (Å²) in [6, 6.07) is 0. The van der Waals surface area contributed by atoms with Crippen LogP contribution in [0.1, 0.15) is 11.7 Å². The second-order valence-corrected chi connectivity index (χ2v) is 2.34. The Morgan fingerprint density at radius 3 is 2.75 bits per heavy atom. The van der Waals surface area contributed by atoms with Gasteiger partial charge in [-0.05, 0) is 6.92 Å². The van der Waals surface area contributed by atoms with Gasteiger partial charge in [-0.1, -0.05) is 31.4 Å². The predicted octanol–water partition coefficient (Wildman–Crippen LogP) is 2.74. The third-order valence-electron chi connectivity index (χ3n) is 1.39. The summed E-state index contributed by atoms with van der Waals surface area (Å²) in [6.07, 6.45) is 6.84. The molecule has 0 aliphatic rings. The van der Waals surface area contributed by atoms with Gasteiger partial charge in [-0.2, -0.15) is 0 Å². The average molecular weight is 161 g/mol. The van der Waals surface area contributed by atoms with Crippen LogP contribution in [0.5, 0.6) is 0 Å². The SMILES string of the molecule is C=C/C=C(\C=C)c1ncc(C)o1. The van der Waals surface area contributed by atoms with E-state index in [1.807, 2.05) is 6.92 Å². The first-order chi connectivity index (χ1) is 5.77. The molecular formula is C10H11NO. The maximum atomic E-state index is 5.29. The number of nitrogens with zero attached hydrogens (tertiary/aromatic N) is 1. The summed E-state index contributed by atoms with van der Waals surface area (Å²) >= 11 is 0. The molecule has 0 aliphatic carbocycles. The summed E-state index contributed by atoms with van der Waals surface area (Å²) in [4.78, 5) is 4.05. The lowest BCUT2D eigenvalue weighted by Gasteiger charge is -1.91. The number of aromatic nitrogens is 1. The zero-order valence-corrected chi connectivity index (χ0v) is 7.08. The molecule has 0 bridgehead atoms. The van der Waals surface area contributed by atoms with E-state index in [4.69, 9.17) is 4.42 Å². The first kappa shape index (κ1) is 8.53. The Balaban J connectivity index is 3.02. The third-order valence-corrected chi connectivity index (χ3v) is 1.39. The van der Waals surface area contributed by atoms with E-state index in [2.05, 4.69) is 18.1 Å². The highest BCUT2D eigenvalue weighted by Crippen LogP contribution is 2.14. The minimum absolute atomic E-state index is 0.586. The van der Waals surface area contributed by atoms with Crippen LogP contribution in [0.15, 0.2) is 42.0 Å². The number of rotatable bonds is 3. The third kappa shape index (κ3) is 1.72. The fraction of sp³-hybridized carbons (Fsp3) is 0.100. The number of allylic oxidation sites excluding steroid dienone is 4. The van der Waals surface area contributed by atoms with Crippen LogP contribution >= 0.6 is 0 Å². The lowest BCUT2D eigenvalue weighted by Crippen LogP contribution is -1.77. The van der Waals surface area contributed by atoms with Gasteiger partial charge in [0.15, 0.2) is 0 Å². The van der Waals surface area contributed by atoms with Crippen LogP contribution in [0, 0.1) is 6.92 Å². The molecule has 1 aromatic rings. The first-order valence-corrected chi connectivity index (χ1v) is 3.66. The van der Waals surface area contributed by atoms with Gasteiger partial charge >= 0.3 is 0 Å². The smallest absolute Gasteiger partial charge is 0.226 e. The largest absolute Gasteiger partial charge is 0.441 e. The molecule has 1 aromatic heterocycles. The van der Waals surface area contributed by atoms with Gasteiger partial charge in [0.25, 0.3) is 0 Å². The molecule has 0 aromatic carbocycles. The van der Waals surface area contributed by atoms with Gasteiger partial charge in [-0.15, -0.1) is 0 Å². The van der Waals surface area contributed by atoms with Crippen molar-refractivity contribution >= 4 is 5.57 Å². The van der Waals surface area contributed by atoms with Crippen molar-refractivity contribution in [2.24, 2.45) is 0 Å². The van der Waals surface area contributed by atoms with Gasteiger partial charge in [0.2, 0.25) is 5.89 Å². The molecule has 0 spiro atoms. The zero-order chi connectivity index (χ0) is 8.97. The predicted molar refractivity (Wildman–Crippen MR) is 49.6 cm³/mol. The van der Waals surface area contributed by atoms with Crippen LogP contribution in [0.25, 0.3) is 5.57 Å². The normalized spacial score (nSPS) is 11.2. The van der Waals surface area contributed by atoms with Gasteiger partial charge in [0.1, 0.15) is 5.76 Å². The monoisotopic (exact) mass is 161 g/mol. The van der Waals surface area contributed by atoms with Crippen LogP contribution in [-0.2, 0) is 0 Å². The minimum Gasteiger partial charge on any atom is -0.441 e. The van der Waals surface area contributed by atoms with E-state index in [9.17, 15) is 0 Å². The van der Waals surface area contributed by atoms with E-state index in [1.54, 1.807) is 24.4 Å². The Kier molecular flexibility index (Phi) is 2.64. The first-order valence-electron chi connectivity index (χ1n) is 3.66. The number of aryl methyl sites for hydroxylation is 1. The quantitative estimate of drug-likeness (QED) is 0.637. The van der Waals surface area contributed by atoms with E-state index < -0.39 is 0 Å². The van der Waals surface area contributed by atoms with Crippen molar-refractivity contribution in [1.82, 2.24) is 4.98 Å². The van der Waals surface area contributed by atoms with Crippen LogP contribution in [-0.4, -0.2) is 4.98 Å². The minimum atomic E-state index is 0.586. The van der Waals surface area contributed by atoms with Gasteiger partial charge in [0.05, 0.1) is 6.20 Å². The van der Waals surface area contributed by atoms with Crippen molar-refractivity contribution in [1.29, 1.82) is 0 Å². The molecule has 0 saturated carbocycles. The molecule has 0 N–H and O–H groups in total. The standard InChI is InChI=1S/C10H11NO/c1-4-6-9(5-2)10-11-7-8(3)12-10/h4-7H,1-2H2,3H3/b9-6+. The highest BCUT2D eigenvalue weighted by molar-refractivity contribution is 5.69. The summed E-state index contributed by atoms with van der Waals surface area (Å²) in [6.45, 7) is 9.09. The number of hydrogen-bond acceptors (Lipinski definition) is 2. The second kappa shape index (κ2) is 3.72. The molecule has 1 rings (SSSR count). The van der Waals surface area contributed by atoms with Crippen LogP contribution in [0.4, 0.5) is 0 Å². The van der Waals surface area contributed by atoms with E-state index in [-0.39, 0.29) is 0 Å². The fourth-order valence-electron chi connectivity index (χ4n) is 0.842. The molecule has 0 aliphatic heterocycles. The van der Waals surface area contributed by atoms with E-state index in [0.29, 0.717) is 5.89 Å². The summed E-state index contributed by atoms with van der Waals surface area (Å²) in [5.74, 6) is 1.38. The van der Waals surface area contributed by atoms with Gasteiger partial charge < -0.3 is 4.42 Å². The molecule has 2 heteroatoms. The summed E-state index contributed by atoms with van der Waals surface area (Å²) in [5, 5.41) is 0. The van der Waals surface area contributed by atoms with Crippen molar-refractivity contribution in [3.8, 4) is 0 Å². The van der Waals surface area contributed by atoms with Gasteiger partial charge in [-0.3, -0.25) is 0 Å². The molecule has 0 fully saturated rings. The zero-order valence-electron chi connectivity index (χ0n) is 7.08. The van der Waals surface area contributed by atoms with E-state index in [0.717, 1.165) is 11.3 Å². The topological polar surface area (TPSA) is 26.0 Å². The maximum absolute atomic E-state index is 5.29. The highest BCUT2D eigenvalue weighted by Gasteiger charge is 2.02. The van der Waals surface area contributed by atoms with E-state index >= 15 is 0 Å². The molecule has 0 unspecified atom stereocenters. The van der Waals surface area contributed by atoms with Gasteiger partial charge in [-0.25, -0.2) is 4.98 Å². The Bertz CT molecular complexity index is 320. The maximum Gasteiger partial charge on any atom is 0.226 e. The Labute approximate surface area is 71.9 Å². The van der Waals surface area contributed by atoms with Gasteiger partial charge in [0, 0.05) is 5.57 Å². The molecule has 0 amide bonds. The second-order valence-electron chi connectivity index (χ2n) is 2.34. The van der Waals surface area contributed by atoms with Crippen LogP contribution < -0.4 is 0 Å². The summed E-state index contributed by atoms with van der Waals surface area (Å²) in [7, 11) is 0. The fourth-order valence-corrected chi connectivity index (χ4v) is 0.842. The van der Waals surface area contributed by atoms with Crippen molar-refractivity contribution < 1.29 is 4.42 Å². The Morgan fingerprint density at radius 2 is 2.33 bits per heavy atom. The Hall–Kier alpha value is -1.57. The number of hydrogen-bond donors (Lipinski definition) is 0. The van der Waals surface area contributed by atoms with Crippen molar-refractivity contribution in [2.75, 3.05) is 0 Å². The Morgan fingerprint density at radius 1 is 1.58 bits per heavy atom. The summed E-state index contributed by atoms with van der Waals surface area (Å²) < 4.78 is 5.29. The number of oxazole rings is 1. The molecule has 1 heterocycles. The summed E-state index contributed by atoms with van der Waals surface area (Å²) in [5.41, 5.74) is 0.845. The van der Waals surface area contributed by atoms with E-state index in [1.165, 1.54) is 0 Å². The molecule has 0 saturated heterocycles. The lowest BCUT2D eigenvalue weighted by atomic mass is 10.2. The molecular weight excluding hydrogens is 150 g/mol. The highest BCUT2D eigenvalue weighted by atomic mass is 16.4. The molecule has 0 radical (unpaired) electrons. The average Bonchev–Trinajstić information content (AvgIpc) is 2.47. The molecule has 62 valence electrons. The lowest BCUT2D eigenvalue weighted by molar-refractivity contribution is 0.514. The van der Waals surface area contributed by atoms with Crippen LogP contribution in [0.2, 0.25) is 0 Å². The van der Waals surface area contributed by atoms with Crippen molar-refractivity contribution in [2.45, 2.75) is 6.92 Å². The molecule has 12 heavy (non-hydrogen) atoms.